The fraction of sp³-hybridized carbons (Fsp3) is 0.333. The van der Waals surface area contributed by atoms with Crippen molar-refractivity contribution in [2.75, 3.05) is 13.7 Å². The fourth-order valence-corrected chi connectivity index (χ4v) is 5.15. The first-order valence-electron chi connectivity index (χ1n) is 6.95. The van der Waals surface area contributed by atoms with Crippen molar-refractivity contribution in [1.82, 2.24) is 8.87 Å². The Labute approximate surface area is 138 Å². The Balaban J connectivity index is 1.99. The second-order valence-electron chi connectivity index (χ2n) is 5.21. The minimum Gasteiger partial charge on any atom is -0.496 e. The third kappa shape index (κ3) is 2.47. The first-order valence-corrected chi connectivity index (χ1v) is 9.19. The van der Waals surface area contributed by atoms with Gasteiger partial charge in [-0.25, -0.2) is 8.42 Å². The van der Waals surface area contributed by atoms with Gasteiger partial charge in [-0.15, -0.1) is 0 Å². The fourth-order valence-electron chi connectivity index (χ4n) is 2.83. The zero-order valence-electron chi connectivity index (χ0n) is 12.4. The number of methoxy groups -OCH3 is 1. The predicted molar refractivity (Wildman–Crippen MR) is 87.4 cm³/mol. The van der Waals surface area contributed by atoms with Crippen molar-refractivity contribution < 1.29 is 13.2 Å². The van der Waals surface area contributed by atoms with Crippen molar-refractivity contribution in [3.63, 3.8) is 0 Å². The highest BCUT2D eigenvalue weighted by Gasteiger charge is 2.34. The lowest BCUT2D eigenvalue weighted by molar-refractivity contribution is 0.282. The monoisotopic (exact) mass is 384 g/mol. The van der Waals surface area contributed by atoms with E-state index >= 15 is 0 Å². The Morgan fingerprint density at radius 2 is 2.05 bits per heavy atom. The highest BCUT2D eigenvalue weighted by molar-refractivity contribution is 9.10. The second kappa shape index (κ2) is 5.72. The summed E-state index contributed by atoms with van der Waals surface area (Å²) in [6, 6.07) is 8.57. The molecular weight excluding hydrogens is 368 g/mol. The van der Waals surface area contributed by atoms with Gasteiger partial charge < -0.3 is 9.30 Å². The molecule has 0 bridgehead atoms. The van der Waals surface area contributed by atoms with Crippen molar-refractivity contribution in [2.24, 2.45) is 0 Å². The summed E-state index contributed by atoms with van der Waals surface area (Å²) in [6.07, 6.45) is 1.99. The number of hydrogen-bond donors (Lipinski definition) is 0. The Morgan fingerprint density at radius 1 is 1.27 bits per heavy atom. The largest absolute Gasteiger partial charge is 0.496 e. The van der Waals surface area contributed by atoms with E-state index in [2.05, 4.69) is 20.5 Å². The summed E-state index contributed by atoms with van der Waals surface area (Å²) in [5, 5.41) is 0. The molecule has 0 saturated heterocycles. The van der Waals surface area contributed by atoms with Crippen molar-refractivity contribution in [3.05, 3.63) is 46.7 Å². The highest BCUT2D eigenvalue weighted by Crippen LogP contribution is 2.33. The Hall–Kier alpha value is -1.31. The molecule has 0 saturated carbocycles. The van der Waals surface area contributed by atoms with E-state index in [9.17, 15) is 8.42 Å². The van der Waals surface area contributed by atoms with Crippen LogP contribution in [0.4, 0.5) is 0 Å². The number of sulfonamides is 1. The molecule has 22 heavy (non-hydrogen) atoms. The van der Waals surface area contributed by atoms with Crippen LogP contribution in [0.5, 0.6) is 5.75 Å². The molecule has 1 aromatic heterocycles. The first-order chi connectivity index (χ1) is 10.4. The van der Waals surface area contributed by atoms with Crippen molar-refractivity contribution in [2.45, 2.75) is 24.4 Å². The summed E-state index contributed by atoms with van der Waals surface area (Å²) in [6.45, 7) is 3.05. The van der Waals surface area contributed by atoms with Gasteiger partial charge in [-0.1, -0.05) is 0 Å². The number of nitrogens with zero attached hydrogens (tertiary/aromatic N) is 2. The minimum atomic E-state index is -3.54. The molecule has 0 aliphatic carbocycles. The Morgan fingerprint density at radius 3 is 2.73 bits per heavy atom. The number of aromatic nitrogens is 1. The van der Waals surface area contributed by atoms with Crippen LogP contribution in [0.15, 0.2) is 45.9 Å². The predicted octanol–water partition coefficient (Wildman–Crippen LogP) is 3.02. The van der Waals surface area contributed by atoms with Gasteiger partial charge >= 0.3 is 0 Å². The van der Waals surface area contributed by atoms with E-state index in [1.165, 1.54) is 0 Å². The molecule has 0 spiro atoms. The number of hydrogen-bond acceptors (Lipinski definition) is 3. The van der Waals surface area contributed by atoms with E-state index in [0.29, 0.717) is 23.3 Å². The van der Waals surface area contributed by atoms with Crippen LogP contribution in [0, 0.1) is 0 Å². The summed E-state index contributed by atoms with van der Waals surface area (Å²) in [7, 11) is -1.99. The van der Waals surface area contributed by atoms with Crippen LogP contribution in [0.2, 0.25) is 0 Å². The lowest BCUT2D eigenvalue weighted by Gasteiger charge is -2.33. The third-order valence-corrected chi connectivity index (χ3v) is 6.60. The minimum absolute atomic E-state index is 0.186. The van der Waals surface area contributed by atoms with Gasteiger partial charge in [-0.3, -0.25) is 0 Å². The van der Waals surface area contributed by atoms with Gasteiger partial charge in [0, 0.05) is 25.0 Å². The topological polar surface area (TPSA) is 51.5 Å². The standard InChI is InChI=1S/C15H17BrN2O3S/c1-11-14-4-3-7-17(14)8-9-18(11)22(19,20)12-5-6-15(21-2)13(16)10-12/h3-7,10-11H,8-9H2,1-2H3. The summed E-state index contributed by atoms with van der Waals surface area (Å²) >= 11 is 3.35. The SMILES string of the molecule is COc1ccc(S(=O)(=O)N2CCn3cccc3C2C)cc1Br. The molecule has 1 unspecified atom stereocenters. The van der Waals surface area contributed by atoms with Gasteiger partial charge in [-0.2, -0.15) is 4.31 Å². The van der Waals surface area contributed by atoms with E-state index in [1.54, 1.807) is 29.6 Å². The molecule has 1 aliphatic heterocycles. The molecule has 0 radical (unpaired) electrons. The maximum atomic E-state index is 12.9. The lowest BCUT2D eigenvalue weighted by atomic mass is 10.2. The molecule has 2 aromatic rings. The van der Waals surface area contributed by atoms with Gasteiger partial charge in [0.05, 0.1) is 22.5 Å². The summed E-state index contributed by atoms with van der Waals surface area (Å²) in [5.74, 6) is 0.611. The van der Waals surface area contributed by atoms with Crippen LogP contribution < -0.4 is 4.74 Å². The lowest BCUT2D eigenvalue weighted by Crippen LogP contribution is -2.40. The van der Waals surface area contributed by atoms with Crippen molar-refractivity contribution in [1.29, 1.82) is 0 Å². The molecule has 5 nitrogen and oxygen atoms in total. The number of rotatable bonds is 3. The molecule has 1 aliphatic rings. The van der Waals surface area contributed by atoms with Gasteiger partial charge in [0.1, 0.15) is 5.75 Å². The van der Waals surface area contributed by atoms with Crippen LogP contribution >= 0.6 is 15.9 Å². The van der Waals surface area contributed by atoms with Crippen LogP contribution in [-0.4, -0.2) is 30.9 Å². The third-order valence-electron chi connectivity index (χ3n) is 4.02. The zero-order chi connectivity index (χ0) is 15.9. The van der Waals surface area contributed by atoms with E-state index in [4.69, 9.17) is 4.74 Å². The molecule has 0 N–H and O–H groups in total. The molecule has 0 amide bonds. The van der Waals surface area contributed by atoms with Gasteiger partial charge in [-0.05, 0) is 53.2 Å². The molecule has 1 atom stereocenters. The molecule has 118 valence electrons. The molecular formula is C15H17BrN2O3S. The molecule has 7 heteroatoms. The molecule has 1 aromatic carbocycles. The normalized spacial score (nSPS) is 19.0. The average molecular weight is 385 g/mol. The average Bonchev–Trinajstić information content (AvgIpc) is 2.96. The van der Waals surface area contributed by atoms with Crippen LogP contribution in [0.25, 0.3) is 0 Å². The summed E-state index contributed by atoms with van der Waals surface area (Å²) in [4.78, 5) is 0.270. The van der Waals surface area contributed by atoms with Crippen LogP contribution in [-0.2, 0) is 16.6 Å². The number of benzene rings is 1. The number of halogens is 1. The van der Waals surface area contributed by atoms with E-state index in [0.717, 1.165) is 5.69 Å². The first kappa shape index (κ1) is 15.6. The molecule has 0 fully saturated rings. The number of ether oxygens (including phenoxy) is 1. The molecule has 3 rings (SSSR count). The summed E-state index contributed by atoms with van der Waals surface area (Å²) < 4.78 is 35.3. The number of fused-ring (bicyclic) bond motifs is 1. The van der Waals surface area contributed by atoms with Crippen molar-refractivity contribution >= 4 is 26.0 Å². The van der Waals surface area contributed by atoms with Gasteiger partial charge in [0.25, 0.3) is 0 Å². The zero-order valence-corrected chi connectivity index (χ0v) is 14.8. The van der Waals surface area contributed by atoms with E-state index in [1.807, 2.05) is 25.3 Å². The summed E-state index contributed by atoms with van der Waals surface area (Å²) in [5.41, 5.74) is 1.02. The quantitative estimate of drug-likeness (QED) is 0.816. The molecule has 2 heterocycles. The Kier molecular flexibility index (Phi) is 4.05. The van der Waals surface area contributed by atoms with Gasteiger partial charge in [0.2, 0.25) is 10.0 Å². The van der Waals surface area contributed by atoms with Gasteiger partial charge in [0.15, 0.2) is 0 Å². The maximum Gasteiger partial charge on any atom is 0.243 e. The Bertz CT molecular complexity index is 801. The maximum absolute atomic E-state index is 12.9. The second-order valence-corrected chi connectivity index (χ2v) is 7.96. The van der Waals surface area contributed by atoms with Crippen LogP contribution in [0.1, 0.15) is 18.7 Å². The van der Waals surface area contributed by atoms with Crippen molar-refractivity contribution in [3.8, 4) is 5.75 Å². The smallest absolute Gasteiger partial charge is 0.243 e. The highest BCUT2D eigenvalue weighted by atomic mass is 79.9. The van der Waals surface area contributed by atoms with E-state index < -0.39 is 10.0 Å². The van der Waals surface area contributed by atoms with Crippen LogP contribution in [0.3, 0.4) is 0 Å². The van der Waals surface area contributed by atoms with E-state index in [-0.39, 0.29) is 10.9 Å².